The lowest BCUT2D eigenvalue weighted by molar-refractivity contribution is 0.0696. The van der Waals surface area contributed by atoms with Gasteiger partial charge in [0.1, 0.15) is 0 Å². The third kappa shape index (κ3) is 2.93. The lowest BCUT2D eigenvalue weighted by atomic mass is 9.97. The Labute approximate surface area is 111 Å². The summed E-state index contributed by atoms with van der Waals surface area (Å²) in [5, 5.41) is 11.7. The van der Waals surface area contributed by atoms with E-state index in [0.717, 1.165) is 17.5 Å². The highest BCUT2D eigenvalue weighted by molar-refractivity contribution is 5.88. The minimum Gasteiger partial charge on any atom is -0.478 e. The Morgan fingerprint density at radius 2 is 2.21 bits per heavy atom. The number of rotatable bonds is 3. The summed E-state index contributed by atoms with van der Waals surface area (Å²) in [7, 11) is 0. The Kier molecular flexibility index (Phi) is 3.85. The van der Waals surface area contributed by atoms with Gasteiger partial charge in [0.05, 0.1) is 5.56 Å². The van der Waals surface area contributed by atoms with Gasteiger partial charge in [-0.3, -0.25) is 0 Å². The Hall–Kier alpha value is -2.30. The highest BCUT2D eigenvalue weighted by Crippen LogP contribution is 2.20. The van der Waals surface area contributed by atoms with E-state index in [0.29, 0.717) is 19.6 Å². The highest BCUT2D eigenvalue weighted by Gasteiger charge is 2.21. The zero-order valence-corrected chi connectivity index (χ0v) is 10.6. The fraction of sp³-hybridized carbons (Fsp3) is 0.286. The van der Waals surface area contributed by atoms with Crippen LogP contribution in [0.2, 0.25) is 0 Å². The van der Waals surface area contributed by atoms with Crippen LogP contribution < -0.4 is 5.32 Å². The lowest BCUT2D eigenvalue weighted by Crippen LogP contribution is -2.42. The molecule has 1 aromatic rings. The molecule has 1 aliphatic heterocycles. The first kappa shape index (κ1) is 13.1. The molecule has 0 saturated carbocycles. The number of carboxylic acid groups (broad SMARTS) is 1. The van der Waals surface area contributed by atoms with Crippen molar-refractivity contribution in [3.63, 3.8) is 0 Å². The van der Waals surface area contributed by atoms with E-state index in [-0.39, 0.29) is 11.6 Å². The molecule has 19 heavy (non-hydrogen) atoms. The maximum absolute atomic E-state index is 11.8. The van der Waals surface area contributed by atoms with Crippen LogP contribution in [0.5, 0.6) is 0 Å². The van der Waals surface area contributed by atoms with Crippen LogP contribution in [-0.4, -0.2) is 35.1 Å². The standard InChI is InChI=1S/C14H16N2O3/c1-2-6-15-14(19)16-7-5-10-3-4-11(13(17)18)8-12(10)9-16/h2-4,8H,1,5-7,9H2,(H,15,19)(H,17,18). The van der Waals surface area contributed by atoms with Crippen LogP contribution in [0.3, 0.4) is 0 Å². The maximum Gasteiger partial charge on any atom is 0.335 e. The van der Waals surface area contributed by atoms with Gasteiger partial charge in [-0.2, -0.15) is 0 Å². The average molecular weight is 260 g/mol. The predicted molar refractivity (Wildman–Crippen MR) is 71.1 cm³/mol. The van der Waals surface area contributed by atoms with Crippen molar-refractivity contribution in [2.24, 2.45) is 0 Å². The van der Waals surface area contributed by atoms with Gasteiger partial charge in [0.25, 0.3) is 0 Å². The number of carbonyl (C=O) groups excluding carboxylic acids is 1. The van der Waals surface area contributed by atoms with Gasteiger partial charge in [-0.1, -0.05) is 12.1 Å². The third-order valence-corrected chi connectivity index (χ3v) is 3.15. The molecule has 0 fully saturated rings. The Morgan fingerprint density at radius 3 is 2.89 bits per heavy atom. The zero-order chi connectivity index (χ0) is 13.8. The second kappa shape index (κ2) is 5.56. The summed E-state index contributed by atoms with van der Waals surface area (Å²) in [4.78, 5) is 24.5. The number of hydrogen-bond donors (Lipinski definition) is 2. The second-order valence-electron chi connectivity index (χ2n) is 4.43. The minimum absolute atomic E-state index is 0.147. The molecule has 5 heteroatoms. The number of nitrogens with zero attached hydrogens (tertiary/aromatic N) is 1. The van der Waals surface area contributed by atoms with Crippen molar-refractivity contribution in [2.45, 2.75) is 13.0 Å². The second-order valence-corrected chi connectivity index (χ2v) is 4.43. The molecule has 2 amide bonds. The first-order valence-electron chi connectivity index (χ1n) is 6.10. The summed E-state index contributed by atoms with van der Waals surface area (Å²) in [5.74, 6) is -0.948. The molecule has 2 rings (SSSR count). The molecule has 1 aromatic carbocycles. The van der Waals surface area contributed by atoms with E-state index in [1.165, 1.54) is 0 Å². The normalized spacial score (nSPS) is 13.6. The number of nitrogens with one attached hydrogen (secondary N) is 1. The highest BCUT2D eigenvalue weighted by atomic mass is 16.4. The molecule has 0 spiro atoms. The molecule has 0 aliphatic carbocycles. The summed E-state index contributed by atoms with van der Waals surface area (Å²) >= 11 is 0. The molecule has 0 radical (unpaired) electrons. The van der Waals surface area contributed by atoms with E-state index in [1.807, 2.05) is 6.07 Å². The molecule has 0 aromatic heterocycles. The third-order valence-electron chi connectivity index (χ3n) is 3.15. The van der Waals surface area contributed by atoms with E-state index >= 15 is 0 Å². The number of carbonyl (C=O) groups is 2. The topological polar surface area (TPSA) is 69.6 Å². The van der Waals surface area contributed by atoms with Gasteiger partial charge in [-0.05, 0) is 29.7 Å². The van der Waals surface area contributed by atoms with Crippen LogP contribution in [0, 0.1) is 0 Å². The molecule has 0 atom stereocenters. The molecular weight excluding hydrogens is 244 g/mol. The van der Waals surface area contributed by atoms with Gasteiger partial charge in [0.2, 0.25) is 0 Å². The zero-order valence-electron chi connectivity index (χ0n) is 10.6. The molecule has 5 nitrogen and oxygen atoms in total. The summed E-state index contributed by atoms with van der Waals surface area (Å²) in [6.45, 7) is 5.06. The van der Waals surface area contributed by atoms with Crippen molar-refractivity contribution < 1.29 is 14.7 Å². The first-order chi connectivity index (χ1) is 9.11. The number of hydrogen-bond acceptors (Lipinski definition) is 2. The van der Waals surface area contributed by atoms with Gasteiger partial charge < -0.3 is 15.3 Å². The van der Waals surface area contributed by atoms with Gasteiger partial charge in [0, 0.05) is 19.6 Å². The molecule has 100 valence electrons. The van der Waals surface area contributed by atoms with Crippen molar-refractivity contribution in [3.8, 4) is 0 Å². The van der Waals surface area contributed by atoms with Gasteiger partial charge >= 0.3 is 12.0 Å². The van der Waals surface area contributed by atoms with Crippen molar-refractivity contribution >= 4 is 12.0 Å². The number of carboxylic acids is 1. The van der Waals surface area contributed by atoms with Crippen LogP contribution in [0.1, 0.15) is 21.5 Å². The maximum atomic E-state index is 11.8. The first-order valence-corrected chi connectivity index (χ1v) is 6.10. The van der Waals surface area contributed by atoms with E-state index in [2.05, 4.69) is 11.9 Å². The van der Waals surface area contributed by atoms with Gasteiger partial charge in [-0.15, -0.1) is 6.58 Å². The fourth-order valence-corrected chi connectivity index (χ4v) is 2.13. The summed E-state index contributed by atoms with van der Waals surface area (Å²) < 4.78 is 0. The minimum atomic E-state index is -0.948. The van der Waals surface area contributed by atoms with Crippen LogP contribution in [-0.2, 0) is 13.0 Å². The Morgan fingerprint density at radius 1 is 1.42 bits per heavy atom. The number of amides is 2. The van der Waals surface area contributed by atoms with Crippen molar-refractivity contribution in [1.29, 1.82) is 0 Å². The molecule has 2 N–H and O–H groups in total. The number of aromatic carboxylic acids is 1. The molecular formula is C14H16N2O3. The quantitative estimate of drug-likeness (QED) is 0.812. The van der Waals surface area contributed by atoms with Crippen LogP contribution in [0.4, 0.5) is 4.79 Å². The number of urea groups is 1. The van der Waals surface area contributed by atoms with Crippen LogP contribution in [0.25, 0.3) is 0 Å². The molecule has 0 saturated heterocycles. The summed E-state index contributed by atoms with van der Waals surface area (Å²) in [6.07, 6.45) is 2.37. The van der Waals surface area contributed by atoms with Gasteiger partial charge in [-0.25, -0.2) is 9.59 Å². The van der Waals surface area contributed by atoms with E-state index in [4.69, 9.17) is 5.11 Å². The molecule has 0 bridgehead atoms. The van der Waals surface area contributed by atoms with Crippen LogP contribution >= 0.6 is 0 Å². The van der Waals surface area contributed by atoms with Crippen molar-refractivity contribution in [3.05, 3.63) is 47.5 Å². The largest absolute Gasteiger partial charge is 0.478 e. The average Bonchev–Trinajstić information content (AvgIpc) is 2.43. The van der Waals surface area contributed by atoms with Crippen molar-refractivity contribution in [2.75, 3.05) is 13.1 Å². The number of benzene rings is 1. The van der Waals surface area contributed by atoms with Crippen LogP contribution in [0.15, 0.2) is 30.9 Å². The molecule has 1 heterocycles. The predicted octanol–water partition coefficient (Wildman–Crippen LogP) is 1.64. The fourth-order valence-electron chi connectivity index (χ4n) is 2.13. The molecule has 0 unspecified atom stereocenters. The monoisotopic (exact) mass is 260 g/mol. The number of fused-ring (bicyclic) bond motifs is 1. The van der Waals surface area contributed by atoms with E-state index in [1.54, 1.807) is 23.1 Å². The Bertz CT molecular complexity index is 525. The van der Waals surface area contributed by atoms with Crippen molar-refractivity contribution in [1.82, 2.24) is 10.2 Å². The SMILES string of the molecule is C=CCNC(=O)N1CCc2ccc(C(=O)O)cc2C1. The smallest absolute Gasteiger partial charge is 0.335 e. The summed E-state index contributed by atoms with van der Waals surface area (Å²) in [6, 6.07) is 4.93. The van der Waals surface area contributed by atoms with E-state index < -0.39 is 5.97 Å². The van der Waals surface area contributed by atoms with Gasteiger partial charge in [0.15, 0.2) is 0 Å². The Balaban J connectivity index is 2.13. The lowest BCUT2D eigenvalue weighted by Gasteiger charge is -2.29. The summed E-state index contributed by atoms with van der Waals surface area (Å²) in [5.41, 5.74) is 2.27. The molecule has 1 aliphatic rings. The van der Waals surface area contributed by atoms with E-state index in [9.17, 15) is 9.59 Å².